The summed E-state index contributed by atoms with van der Waals surface area (Å²) in [6, 6.07) is 2.41. The number of non-ortho nitro benzene ring substituents is 1. The van der Waals surface area contributed by atoms with Crippen LogP contribution in [0.25, 0.3) is 0 Å². The molecular formula is C9H5BrF3NO4. The summed E-state index contributed by atoms with van der Waals surface area (Å²) in [7, 11) is 0. The van der Waals surface area contributed by atoms with Crippen molar-refractivity contribution in [2.45, 2.75) is 6.36 Å². The van der Waals surface area contributed by atoms with Gasteiger partial charge in [-0.05, 0) is 6.07 Å². The molecule has 98 valence electrons. The van der Waals surface area contributed by atoms with Gasteiger partial charge in [-0.1, -0.05) is 15.9 Å². The number of alkyl halides is 4. The number of carbonyl (C=O) groups is 1. The Kier molecular flexibility index (Phi) is 4.28. The van der Waals surface area contributed by atoms with E-state index in [0.717, 1.165) is 12.1 Å². The molecular weight excluding hydrogens is 323 g/mol. The van der Waals surface area contributed by atoms with Gasteiger partial charge in [-0.3, -0.25) is 14.9 Å². The first-order chi connectivity index (χ1) is 8.24. The predicted octanol–water partition coefficient (Wildman–Crippen LogP) is 3.07. The molecule has 0 saturated heterocycles. The van der Waals surface area contributed by atoms with Gasteiger partial charge >= 0.3 is 6.36 Å². The first-order valence-electron chi connectivity index (χ1n) is 4.38. The Bertz CT molecular complexity index is 489. The van der Waals surface area contributed by atoms with Gasteiger partial charge in [0.15, 0.2) is 5.78 Å². The Balaban J connectivity index is 3.26. The van der Waals surface area contributed by atoms with Gasteiger partial charge < -0.3 is 4.74 Å². The third-order valence-electron chi connectivity index (χ3n) is 1.82. The molecule has 9 heteroatoms. The number of Topliss-reactive ketones (excluding diaryl/α,β-unsaturated/α-hetero) is 1. The minimum absolute atomic E-state index is 0.223. The van der Waals surface area contributed by atoms with Crippen LogP contribution in [0.1, 0.15) is 10.4 Å². The summed E-state index contributed by atoms with van der Waals surface area (Å²) in [5.41, 5.74) is -0.977. The van der Waals surface area contributed by atoms with E-state index in [-0.39, 0.29) is 10.9 Å². The maximum atomic E-state index is 12.1. The molecule has 0 aliphatic carbocycles. The monoisotopic (exact) mass is 327 g/mol. The van der Waals surface area contributed by atoms with E-state index in [0.29, 0.717) is 6.07 Å². The van der Waals surface area contributed by atoms with E-state index in [1.807, 2.05) is 0 Å². The van der Waals surface area contributed by atoms with Crippen LogP contribution in [0, 0.1) is 10.1 Å². The molecule has 0 N–H and O–H groups in total. The van der Waals surface area contributed by atoms with Crippen LogP contribution in [0.5, 0.6) is 5.75 Å². The maximum absolute atomic E-state index is 12.1. The van der Waals surface area contributed by atoms with Gasteiger partial charge in [0, 0.05) is 6.07 Å². The molecule has 0 amide bonds. The Morgan fingerprint density at radius 1 is 1.44 bits per heavy atom. The fourth-order valence-corrected chi connectivity index (χ4v) is 1.44. The molecule has 1 rings (SSSR count). The van der Waals surface area contributed by atoms with Crippen molar-refractivity contribution in [2.24, 2.45) is 0 Å². The van der Waals surface area contributed by atoms with Crippen LogP contribution >= 0.6 is 15.9 Å². The van der Waals surface area contributed by atoms with Crippen molar-refractivity contribution < 1.29 is 27.6 Å². The molecule has 1 aromatic rings. The summed E-state index contributed by atoms with van der Waals surface area (Å²) in [6.45, 7) is 0. The topological polar surface area (TPSA) is 69.4 Å². The number of nitro groups is 1. The molecule has 0 aromatic heterocycles. The third kappa shape index (κ3) is 3.69. The number of ketones is 1. The highest BCUT2D eigenvalue weighted by molar-refractivity contribution is 9.09. The molecule has 0 aliphatic heterocycles. The zero-order valence-electron chi connectivity index (χ0n) is 8.53. The van der Waals surface area contributed by atoms with E-state index >= 15 is 0 Å². The maximum Gasteiger partial charge on any atom is 0.573 e. The highest BCUT2D eigenvalue weighted by Crippen LogP contribution is 2.30. The lowest BCUT2D eigenvalue weighted by molar-refractivity contribution is -0.385. The minimum atomic E-state index is -5.03. The molecule has 0 unspecified atom stereocenters. The van der Waals surface area contributed by atoms with Gasteiger partial charge in [0.25, 0.3) is 5.69 Å². The lowest BCUT2D eigenvalue weighted by atomic mass is 10.1. The van der Waals surface area contributed by atoms with Crippen LogP contribution in [0.15, 0.2) is 18.2 Å². The van der Waals surface area contributed by atoms with Gasteiger partial charge in [0.2, 0.25) is 0 Å². The number of rotatable bonds is 4. The van der Waals surface area contributed by atoms with Crippen molar-refractivity contribution in [3.05, 3.63) is 33.9 Å². The van der Waals surface area contributed by atoms with Gasteiger partial charge in [0.1, 0.15) is 5.75 Å². The Morgan fingerprint density at radius 3 is 2.50 bits per heavy atom. The van der Waals surface area contributed by atoms with E-state index < -0.39 is 28.5 Å². The summed E-state index contributed by atoms with van der Waals surface area (Å²) in [6.07, 6.45) is -5.03. The van der Waals surface area contributed by atoms with E-state index in [1.54, 1.807) is 0 Å². The fourth-order valence-electron chi connectivity index (χ4n) is 1.14. The smallest absolute Gasteiger partial charge is 0.405 e. The highest BCUT2D eigenvalue weighted by Gasteiger charge is 2.33. The van der Waals surface area contributed by atoms with Crippen molar-refractivity contribution in [3.8, 4) is 5.75 Å². The largest absolute Gasteiger partial charge is 0.573 e. The third-order valence-corrected chi connectivity index (χ3v) is 2.33. The molecule has 0 radical (unpaired) electrons. The lowest BCUT2D eigenvalue weighted by Gasteiger charge is -2.11. The number of carbonyl (C=O) groups excluding carboxylic acids is 1. The van der Waals surface area contributed by atoms with Crippen LogP contribution in [-0.4, -0.2) is 22.4 Å². The molecule has 0 fully saturated rings. The van der Waals surface area contributed by atoms with Crippen LogP contribution < -0.4 is 4.74 Å². The van der Waals surface area contributed by atoms with Gasteiger partial charge in [0.05, 0.1) is 21.9 Å². The van der Waals surface area contributed by atoms with Crippen molar-refractivity contribution in [1.82, 2.24) is 0 Å². The zero-order chi connectivity index (χ0) is 13.9. The van der Waals surface area contributed by atoms with E-state index in [1.165, 1.54) is 0 Å². The average Bonchev–Trinajstić information content (AvgIpc) is 2.25. The fraction of sp³-hybridized carbons (Fsp3) is 0.222. The number of nitro benzene ring substituents is 1. The van der Waals surface area contributed by atoms with Crippen LogP contribution in [-0.2, 0) is 0 Å². The molecule has 0 bridgehead atoms. The van der Waals surface area contributed by atoms with Crippen LogP contribution in [0.3, 0.4) is 0 Å². The number of hydrogen-bond acceptors (Lipinski definition) is 4. The number of hydrogen-bond donors (Lipinski definition) is 0. The quantitative estimate of drug-likeness (QED) is 0.369. The molecule has 0 spiro atoms. The predicted molar refractivity (Wildman–Crippen MR) is 57.9 cm³/mol. The number of ether oxygens (including phenoxy) is 1. The SMILES string of the molecule is O=C(CBr)c1ccc([N+](=O)[O-])cc1OC(F)(F)F. The second-order valence-electron chi connectivity index (χ2n) is 3.04. The second kappa shape index (κ2) is 5.34. The summed E-state index contributed by atoms with van der Waals surface area (Å²) in [4.78, 5) is 20.9. The summed E-state index contributed by atoms with van der Waals surface area (Å²) in [5, 5.41) is 10.2. The van der Waals surface area contributed by atoms with Crippen LogP contribution in [0.4, 0.5) is 18.9 Å². The minimum Gasteiger partial charge on any atom is -0.405 e. The lowest BCUT2D eigenvalue weighted by Crippen LogP contribution is -2.19. The molecule has 0 atom stereocenters. The summed E-state index contributed by atoms with van der Waals surface area (Å²) < 4.78 is 39.9. The molecule has 0 saturated carbocycles. The number of benzene rings is 1. The number of halogens is 4. The number of nitrogens with zero attached hydrogens (tertiary/aromatic N) is 1. The van der Waals surface area contributed by atoms with E-state index in [2.05, 4.69) is 20.7 Å². The molecule has 5 nitrogen and oxygen atoms in total. The Morgan fingerprint density at radius 2 is 2.06 bits per heavy atom. The van der Waals surface area contributed by atoms with E-state index in [9.17, 15) is 28.1 Å². The van der Waals surface area contributed by atoms with Crippen molar-refractivity contribution >= 4 is 27.4 Å². The summed E-state index contributed by atoms with van der Waals surface area (Å²) in [5.74, 6) is -1.56. The van der Waals surface area contributed by atoms with Crippen molar-refractivity contribution in [2.75, 3.05) is 5.33 Å². The van der Waals surface area contributed by atoms with Gasteiger partial charge in [-0.2, -0.15) is 0 Å². The van der Waals surface area contributed by atoms with Crippen LogP contribution in [0.2, 0.25) is 0 Å². The molecule has 18 heavy (non-hydrogen) atoms. The van der Waals surface area contributed by atoms with Gasteiger partial charge in [-0.15, -0.1) is 13.2 Å². The van der Waals surface area contributed by atoms with Gasteiger partial charge in [-0.25, -0.2) is 0 Å². The standard InChI is InChI=1S/C9H5BrF3NO4/c10-4-7(15)6-2-1-5(14(16)17)3-8(6)18-9(11,12)13/h1-3H,4H2. The summed E-state index contributed by atoms with van der Waals surface area (Å²) >= 11 is 2.79. The van der Waals surface area contributed by atoms with Crippen molar-refractivity contribution in [1.29, 1.82) is 0 Å². The first kappa shape index (κ1) is 14.4. The zero-order valence-corrected chi connectivity index (χ0v) is 10.1. The normalized spacial score (nSPS) is 11.1. The van der Waals surface area contributed by atoms with E-state index in [4.69, 9.17) is 0 Å². The molecule has 0 aliphatic rings. The average molecular weight is 328 g/mol. The molecule has 0 heterocycles. The Labute approximate surface area is 107 Å². The Hall–Kier alpha value is -1.64. The second-order valence-corrected chi connectivity index (χ2v) is 3.60. The first-order valence-corrected chi connectivity index (χ1v) is 5.50. The highest BCUT2D eigenvalue weighted by atomic mass is 79.9. The van der Waals surface area contributed by atoms with Crippen molar-refractivity contribution in [3.63, 3.8) is 0 Å². The molecule has 1 aromatic carbocycles.